The second-order valence-corrected chi connectivity index (χ2v) is 51.2. The third kappa shape index (κ3) is 4.60. The van der Waals surface area contributed by atoms with Crippen LogP contribution in [0.3, 0.4) is 0 Å². The molecule has 0 aliphatic rings. The van der Waals surface area contributed by atoms with Gasteiger partial charge in [-0.1, -0.05) is 77.1 Å². The summed E-state index contributed by atoms with van der Waals surface area (Å²) in [5, 5.41) is 0.448. The molecule has 1 N–H and O–H groups in total. The third-order valence-electron chi connectivity index (χ3n) is 5.98. The van der Waals surface area contributed by atoms with Crippen molar-refractivity contribution in [3.8, 4) is 0 Å². The van der Waals surface area contributed by atoms with Crippen LogP contribution in [0.15, 0.2) is 30.3 Å². The third-order valence-corrected chi connectivity index (χ3v) is 74.0. The number of fused-ring (bicyclic) bond motifs is 1. The molecule has 0 radical (unpaired) electrons. The van der Waals surface area contributed by atoms with Gasteiger partial charge in [-0.05, 0) is 24.4 Å². The molecule has 1 aromatic heterocycles. The minimum atomic E-state index is -2.14. The van der Waals surface area contributed by atoms with Gasteiger partial charge in [-0.25, -0.2) is 0 Å². The Balaban J connectivity index is 2.73. The quantitative estimate of drug-likeness (QED) is 0.338. The predicted molar refractivity (Wildman–Crippen MR) is 138 cm³/mol. The van der Waals surface area contributed by atoms with Gasteiger partial charge in [0.2, 0.25) is 0 Å². The van der Waals surface area contributed by atoms with Crippen molar-refractivity contribution >= 4 is 57.9 Å². The summed E-state index contributed by atoms with van der Waals surface area (Å²) in [5.74, 6) is -0.0278. The Kier molecular flexibility index (Phi) is 7.05. The van der Waals surface area contributed by atoms with E-state index in [2.05, 4.69) is 82.1 Å². The molecule has 29 heavy (non-hydrogen) atoms. The normalized spacial score (nSPS) is 16.1. The molecule has 1 aromatic carbocycles. The van der Waals surface area contributed by atoms with Gasteiger partial charge in [0.25, 0.3) is 0 Å². The van der Waals surface area contributed by atoms with Crippen molar-refractivity contribution in [3.63, 3.8) is 0 Å². The van der Waals surface area contributed by atoms with Crippen molar-refractivity contribution in [2.24, 2.45) is 0 Å². The van der Waals surface area contributed by atoms with Gasteiger partial charge in [0.1, 0.15) is 11.5 Å². The standard InChI is InChI=1S/C21H38ClNO2Si4/c1-16(24)20(22)21(19-15-17-13-11-12-14-18(17)23-19)25-29(26(2,3)4,27(5,6)7)28(8,9)10/h11-15,20-21,23H,1-10H3. The SMILES string of the molecule is CC(=O)C(Cl)C(O[Si]([Si](C)(C)C)([Si](C)(C)C)[Si](C)(C)C)c1cc2ccccc2[nH]1. The van der Waals surface area contributed by atoms with Crippen LogP contribution in [0.2, 0.25) is 58.9 Å². The second-order valence-electron chi connectivity index (χ2n) is 11.3. The van der Waals surface area contributed by atoms with Crippen LogP contribution in [-0.2, 0) is 9.22 Å². The average molecular weight is 484 g/mol. The molecule has 0 aliphatic carbocycles. The number of hydrogen-bond acceptors (Lipinski definition) is 2. The highest BCUT2D eigenvalue weighted by Gasteiger charge is 2.65. The van der Waals surface area contributed by atoms with Crippen LogP contribution in [-0.4, -0.2) is 45.8 Å². The highest BCUT2D eigenvalue weighted by atomic mass is 35.5. The number of aromatic amines is 1. The van der Waals surface area contributed by atoms with Crippen LogP contribution in [0.25, 0.3) is 10.9 Å². The molecule has 8 heteroatoms. The van der Waals surface area contributed by atoms with Crippen LogP contribution >= 0.6 is 11.6 Å². The van der Waals surface area contributed by atoms with Gasteiger partial charge < -0.3 is 9.41 Å². The lowest BCUT2D eigenvalue weighted by Crippen LogP contribution is -2.84. The molecule has 0 spiro atoms. The van der Waals surface area contributed by atoms with Crippen molar-refractivity contribution < 1.29 is 9.22 Å². The molecule has 3 nitrogen and oxygen atoms in total. The van der Waals surface area contributed by atoms with Crippen LogP contribution < -0.4 is 0 Å². The van der Waals surface area contributed by atoms with Gasteiger partial charge in [-0.15, -0.1) is 11.6 Å². The van der Waals surface area contributed by atoms with Gasteiger partial charge in [-0.2, -0.15) is 0 Å². The van der Waals surface area contributed by atoms with Crippen LogP contribution in [0.4, 0.5) is 0 Å². The number of benzene rings is 1. The maximum atomic E-state index is 12.4. The minimum Gasteiger partial charge on any atom is -0.416 e. The molecule has 0 fully saturated rings. The number of ketones is 1. The maximum absolute atomic E-state index is 12.4. The summed E-state index contributed by atoms with van der Waals surface area (Å²) in [6.07, 6.45) is -0.418. The first-order valence-electron chi connectivity index (χ1n) is 10.4. The van der Waals surface area contributed by atoms with E-state index in [1.54, 1.807) is 6.92 Å². The summed E-state index contributed by atoms with van der Waals surface area (Å²) >= 11 is 6.77. The molecule has 0 saturated carbocycles. The number of aromatic nitrogens is 1. The molecule has 0 amide bonds. The van der Waals surface area contributed by atoms with Crippen molar-refractivity contribution in [2.75, 3.05) is 0 Å². The lowest BCUT2D eigenvalue weighted by atomic mass is 10.1. The highest BCUT2D eigenvalue weighted by Crippen LogP contribution is 2.43. The number of H-pyrrole nitrogens is 1. The smallest absolute Gasteiger partial charge is 0.159 e. The fourth-order valence-corrected chi connectivity index (χ4v) is 99.9. The van der Waals surface area contributed by atoms with E-state index in [0.29, 0.717) is 0 Å². The van der Waals surface area contributed by atoms with Gasteiger partial charge in [0.05, 0.1) is 22.8 Å². The fraction of sp³-hybridized carbons (Fsp3) is 0.571. The van der Waals surface area contributed by atoms with Gasteiger partial charge in [-0.3, -0.25) is 4.79 Å². The Bertz CT molecular complexity index is 808. The number of rotatable bonds is 8. The number of para-hydroxylation sites is 1. The minimum absolute atomic E-state index is 0.0278. The summed E-state index contributed by atoms with van der Waals surface area (Å²) in [4.78, 5) is 15.9. The number of alkyl halides is 1. The Morgan fingerprint density at radius 3 is 1.83 bits per heavy atom. The number of carbonyl (C=O) groups excluding carboxylic acids is 1. The molecule has 2 aromatic rings. The lowest BCUT2D eigenvalue weighted by molar-refractivity contribution is -0.118. The molecular formula is C21H38ClNO2Si4. The van der Waals surface area contributed by atoms with E-state index in [0.717, 1.165) is 16.6 Å². The summed E-state index contributed by atoms with van der Waals surface area (Å²) in [6, 6.07) is 10.3. The van der Waals surface area contributed by atoms with Crippen molar-refractivity contribution in [2.45, 2.75) is 77.3 Å². The molecule has 1 heterocycles. The Hall–Kier alpha value is -0.452. The first kappa shape index (κ1) is 24.8. The molecule has 2 atom stereocenters. The molecule has 162 valence electrons. The summed E-state index contributed by atoms with van der Waals surface area (Å²) in [6.45, 7) is 21.8. The number of nitrogens with one attached hydrogen (secondary N) is 1. The Morgan fingerprint density at radius 2 is 1.41 bits per heavy atom. The molecule has 0 saturated heterocycles. The molecule has 0 aliphatic heterocycles. The molecule has 0 bridgehead atoms. The lowest BCUT2D eigenvalue weighted by Gasteiger charge is -2.57. The Labute approximate surface area is 185 Å². The number of carbonyl (C=O) groups is 1. The van der Waals surface area contributed by atoms with Gasteiger partial charge in [0.15, 0.2) is 12.7 Å². The monoisotopic (exact) mass is 483 g/mol. The van der Waals surface area contributed by atoms with E-state index in [-0.39, 0.29) is 5.78 Å². The van der Waals surface area contributed by atoms with E-state index < -0.39 is 41.1 Å². The van der Waals surface area contributed by atoms with E-state index >= 15 is 0 Å². The van der Waals surface area contributed by atoms with Gasteiger partial charge >= 0.3 is 0 Å². The Morgan fingerprint density at radius 1 is 0.931 bits per heavy atom. The van der Waals surface area contributed by atoms with Crippen LogP contribution in [0.5, 0.6) is 0 Å². The summed E-state index contributed by atoms with van der Waals surface area (Å²) < 4.78 is 7.41. The fourth-order valence-electron chi connectivity index (χ4n) is 5.84. The van der Waals surface area contributed by atoms with Gasteiger partial charge in [0, 0.05) is 11.2 Å². The average Bonchev–Trinajstić information content (AvgIpc) is 2.94. The van der Waals surface area contributed by atoms with Crippen molar-refractivity contribution in [3.05, 3.63) is 36.0 Å². The van der Waals surface area contributed by atoms with Crippen molar-refractivity contribution in [1.29, 1.82) is 0 Å². The summed E-state index contributed by atoms with van der Waals surface area (Å²) in [5.41, 5.74) is 2.00. The zero-order valence-corrected chi connectivity index (χ0v) is 24.5. The second kappa shape index (κ2) is 8.24. The summed E-state index contributed by atoms with van der Waals surface area (Å²) in [7, 11) is -5.00. The molecule has 2 rings (SSSR count). The number of hydrogen-bond donors (Lipinski definition) is 1. The van der Waals surface area contributed by atoms with E-state index in [9.17, 15) is 4.79 Å². The van der Waals surface area contributed by atoms with Crippen molar-refractivity contribution in [1.82, 2.24) is 4.98 Å². The highest BCUT2D eigenvalue weighted by molar-refractivity contribution is 7.87. The van der Waals surface area contributed by atoms with E-state index in [4.69, 9.17) is 16.0 Å². The maximum Gasteiger partial charge on any atom is 0.159 e. The zero-order chi connectivity index (χ0) is 22.4. The molecular weight excluding hydrogens is 446 g/mol. The zero-order valence-electron chi connectivity index (χ0n) is 19.7. The van der Waals surface area contributed by atoms with E-state index in [1.165, 1.54) is 0 Å². The largest absolute Gasteiger partial charge is 0.416 e. The number of Topliss-reactive ketones (excluding diaryl/α,β-unsaturated/α-hetero) is 1. The first-order valence-corrected chi connectivity index (χ1v) is 26.3. The van der Waals surface area contributed by atoms with Crippen LogP contribution in [0.1, 0.15) is 18.7 Å². The topological polar surface area (TPSA) is 42.1 Å². The molecule has 2 unspecified atom stereocenters. The first-order chi connectivity index (χ1) is 13.0. The predicted octanol–water partition coefficient (Wildman–Crippen LogP) is 6.62. The van der Waals surface area contributed by atoms with E-state index in [1.807, 2.05) is 12.1 Å². The van der Waals surface area contributed by atoms with Crippen LogP contribution in [0, 0.1) is 0 Å². The number of halogens is 1.